The lowest BCUT2D eigenvalue weighted by Crippen LogP contribution is -2.57. The number of rotatable bonds is 3. The minimum Gasteiger partial charge on any atom is -0.342 e. The summed E-state index contributed by atoms with van der Waals surface area (Å²) < 4.78 is 0. The number of aromatic nitrogens is 2. The molecule has 0 radical (unpaired) electrons. The van der Waals surface area contributed by atoms with Crippen molar-refractivity contribution in [3.8, 4) is 0 Å². The molecule has 4 rings (SSSR count). The highest BCUT2D eigenvalue weighted by atomic mass is 16.2. The van der Waals surface area contributed by atoms with Crippen LogP contribution in [0.1, 0.15) is 62.8 Å². The van der Waals surface area contributed by atoms with E-state index in [1.165, 1.54) is 19.0 Å². The molecular weight excluding hydrogens is 356 g/mol. The van der Waals surface area contributed by atoms with Crippen LogP contribution in [-0.4, -0.2) is 57.3 Å². The highest BCUT2D eigenvalue weighted by Crippen LogP contribution is 2.41. The molecule has 3 aliphatic rings. The summed E-state index contributed by atoms with van der Waals surface area (Å²) in [5.74, 6) is 0.829. The molecule has 1 aromatic heterocycles. The van der Waals surface area contributed by atoms with Crippen molar-refractivity contribution in [2.75, 3.05) is 19.6 Å². The van der Waals surface area contributed by atoms with Gasteiger partial charge in [0.25, 0.3) is 5.56 Å². The van der Waals surface area contributed by atoms with Gasteiger partial charge in [0.2, 0.25) is 11.8 Å². The maximum absolute atomic E-state index is 12.9. The number of hydrogen-bond acceptors (Lipinski definition) is 4. The molecular formula is C21H30N4O3. The first kappa shape index (κ1) is 19.2. The Bertz CT molecular complexity index is 814. The molecule has 152 valence electrons. The normalized spacial score (nSPS) is 26.2. The van der Waals surface area contributed by atoms with E-state index < -0.39 is 0 Å². The first-order valence-electron chi connectivity index (χ1n) is 10.6. The van der Waals surface area contributed by atoms with Crippen molar-refractivity contribution >= 4 is 11.8 Å². The Balaban J connectivity index is 1.45. The fourth-order valence-corrected chi connectivity index (χ4v) is 5.26. The topological polar surface area (TPSA) is 86.4 Å². The molecule has 0 aromatic carbocycles. The number of H-pyrrole nitrogens is 1. The van der Waals surface area contributed by atoms with Gasteiger partial charge in [-0.25, -0.2) is 4.98 Å². The van der Waals surface area contributed by atoms with Crippen molar-refractivity contribution in [1.29, 1.82) is 0 Å². The second-order valence-corrected chi connectivity index (χ2v) is 8.88. The van der Waals surface area contributed by atoms with Crippen LogP contribution in [0.5, 0.6) is 0 Å². The Kier molecular flexibility index (Phi) is 5.25. The predicted octanol–water partition coefficient (Wildman–Crippen LogP) is 1.79. The van der Waals surface area contributed by atoms with Crippen LogP contribution in [0.2, 0.25) is 0 Å². The summed E-state index contributed by atoms with van der Waals surface area (Å²) >= 11 is 0. The number of aromatic amines is 1. The fourth-order valence-electron chi connectivity index (χ4n) is 5.26. The van der Waals surface area contributed by atoms with E-state index in [0.717, 1.165) is 45.2 Å². The molecule has 1 N–H and O–H groups in total. The summed E-state index contributed by atoms with van der Waals surface area (Å²) in [5, 5.41) is 0. The largest absolute Gasteiger partial charge is 0.342 e. The van der Waals surface area contributed by atoms with Crippen LogP contribution in [0.3, 0.4) is 0 Å². The van der Waals surface area contributed by atoms with Gasteiger partial charge in [-0.2, -0.15) is 0 Å². The number of likely N-dealkylation sites (tertiary alicyclic amines) is 2. The van der Waals surface area contributed by atoms with Crippen molar-refractivity contribution in [3.63, 3.8) is 0 Å². The van der Waals surface area contributed by atoms with E-state index in [9.17, 15) is 14.4 Å². The van der Waals surface area contributed by atoms with Crippen LogP contribution >= 0.6 is 0 Å². The lowest BCUT2D eigenvalue weighted by molar-refractivity contribution is -0.145. The van der Waals surface area contributed by atoms with Gasteiger partial charge < -0.3 is 14.8 Å². The summed E-state index contributed by atoms with van der Waals surface area (Å²) in [4.78, 5) is 48.3. The summed E-state index contributed by atoms with van der Waals surface area (Å²) in [7, 11) is 0. The second-order valence-electron chi connectivity index (χ2n) is 8.88. The Morgan fingerprint density at radius 1 is 1.21 bits per heavy atom. The molecule has 7 heteroatoms. The molecule has 28 heavy (non-hydrogen) atoms. The lowest BCUT2D eigenvalue weighted by atomic mass is 9.73. The van der Waals surface area contributed by atoms with Gasteiger partial charge in [0.1, 0.15) is 5.82 Å². The molecule has 1 saturated carbocycles. The predicted molar refractivity (Wildman–Crippen MR) is 105 cm³/mol. The molecule has 1 aromatic rings. The lowest BCUT2D eigenvalue weighted by Gasteiger charge is -2.49. The SMILES string of the molecule is Cc1ncc(CC(=O)N2CCC[C@@]3(CCC(=O)N(C4CCCC4)C3)C2)c(=O)[nH]1. The third kappa shape index (κ3) is 3.84. The molecule has 3 fully saturated rings. The van der Waals surface area contributed by atoms with Crippen LogP contribution in [-0.2, 0) is 16.0 Å². The van der Waals surface area contributed by atoms with Crippen molar-refractivity contribution in [2.24, 2.45) is 5.41 Å². The number of carbonyl (C=O) groups is 2. The Labute approximate surface area is 165 Å². The Morgan fingerprint density at radius 2 is 2.00 bits per heavy atom. The van der Waals surface area contributed by atoms with Crippen molar-refractivity contribution < 1.29 is 9.59 Å². The summed E-state index contributed by atoms with van der Waals surface area (Å²) in [5.41, 5.74) is 0.201. The maximum atomic E-state index is 12.9. The summed E-state index contributed by atoms with van der Waals surface area (Å²) in [6.45, 7) is 3.93. The molecule has 7 nitrogen and oxygen atoms in total. The summed E-state index contributed by atoms with van der Waals surface area (Å²) in [6.07, 6.45) is 9.75. The molecule has 2 aliphatic heterocycles. The number of carbonyl (C=O) groups excluding carboxylic acids is 2. The standard InChI is InChI=1S/C21H30N4O3/c1-15-22-12-16(20(28)23-15)11-19(27)24-10-4-8-21(13-24)9-7-18(26)25(14-21)17-5-2-3-6-17/h12,17H,2-11,13-14H2,1H3,(H,22,23,28)/t21-/m1/s1. The zero-order valence-electron chi connectivity index (χ0n) is 16.7. The van der Waals surface area contributed by atoms with E-state index in [2.05, 4.69) is 14.9 Å². The van der Waals surface area contributed by atoms with Gasteiger partial charge in [-0.15, -0.1) is 0 Å². The maximum Gasteiger partial charge on any atom is 0.254 e. The van der Waals surface area contributed by atoms with Gasteiger partial charge in [0.05, 0.1) is 6.42 Å². The first-order valence-corrected chi connectivity index (χ1v) is 10.6. The third-order valence-electron chi connectivity index (χ3n) is 6.82. The zero-order chi connectivity index (χ0) is 19.7. The smallest absolute Gasteiger partial charge is 0.254 e. The number of hydrogen-bond donors (Lipinski definition) is 1. The van der Waals surface area contributed by atoms with Crippen molar-refractivity contribution in [3.05, 3.63) is 27.9 Å². The Hall–Kier alpha value is -2.18. The minimum absolute atomic E-state index is 0.0143. The van der Waals surface area contributed by atoms with Gasteiger partial charge in [-0.1, -0.05) is 12.8 Å². The molecule has 1 atom stereocenters. The third-order valence-corrected chi connectivity index (χ3v) is 6.82. The van der Waals surface area contributed by atoms with Gasteiger partial charge in [0, 0.05) is 49.3 Å². The first-order chi connectivity index (χ1) is 13.5. The molecule has 1 aliphatic carbocycles. The van der Waals surface area contributed by atoms with Crippen LogP contribution in [0.25, 0.3) is 0 Å². The van der Waals surface area contributed by atoms with Gasteiger partial charge in [0.15, 0.2) is 0 Å². The average Bonchev–Trinajstić information content (AvgIpc) is 3.21. The molecule has 2 saturated heterocycles. The van der Waals surface area contributed by atoms with Gasteiger partial charge in [-0.05, 0) is 39.0 Å². The molecule has 0 unspecified atom stereocenters. The number of nitrogens with one attached hydrogen (secondary N) is 1. The molecule has 1 spiro atoms. The Morgan fingerprint density at radius 3 is 2.75 bits per heavy atom. The van der Waals surface area contributed by atoms with E-state index >= 15 is 0 Å². The van der Waals surface area contributed by atoms with Gasteiger partial charge >= 0.3 is 0 Å². The van der Waals surface area contributed by atoms with Crippen LogP contribution in [0, 0.1) is 12.3 Å². The number of aryl methyl sites for hydroxylation is 1. The van der Waals surface area contributed by atoms with Crippen molar-refractivity contribution in [1.82, 2.24) is 19.8 Å². The molecule has 0 bridgehead atoms. The molecule has 2 amide bonds. The van der Waals surface area contributed by atoms with E-state index in [-0.39, 0.29) is 23.3 Å². The summed E-state index contributed by atoms with van der Waals surface area (Å²) in [6, 6.07) is 0.396. The quantitative estimate of drug-likeness (QED) is 0.858. The minimum atomic E-state index is -0.233. The van der Waals surface area contributed by atoms with Crippen LogP contribution in [0.15, 0.2) is 11.0 Å². The van der Waals surface area contributed by atoms with Crippen LogP contribution in [0.4, 0.5) is 0 Å². The second kappa shape index (κ2) is 7.68. The van der Waals surface area contributed by atoms with Gasteiger partial charge in [-0.3, -0.25) is 14.4 Å². The average molecular weight is 386 g/mol. The monoisotopic (exact) mass is 386 g/mol. The van der Waals surface area contributed by atoms with Crippen molar-refractivity contribution in [2.45, 2.75) is 70.8 Å². The highest BCUT2D eigenvalue weighted by molar-refractivity contribution is 5.79. The number of amides is 2. The number of nitrogens with zero attached hydrogens (tertiary/aromatic N) is 3. The van der Waals surface area contributed by atoms with E-state index in [1.54, 1.807) is 6.92 Å². The zero-order valence-corrected chi connectivity index (χ0v) is 16.7. The molecule has 3 heterocycles. The fraction of sp³-hybridized carbons (Fsp3) is 0.714. The van der Waals surface area contributed by atoms with E-state index in [0.29, 0.717) is 36.3 Å². The highest BCUT2D eigenvalue weighted by Gasteiger charge is 2.44. The van der Waals surface area contributed by atoms with E-state index in [1.807, 2.05) is 4.90 Å². The van der Waals surface area contributed by atoms with E-state index in [4.69, 9.17) is 0 Å². The number of piperidine rings is 2. The van der Waals surface area contributed by atoms with Crippen LogP contribution < -0.4 is 5.56 Å².